The first-order chi connectivity index (χ1) is 6.20. The molecule has 0 aromatic carbocycles. The normalized spacial score (nSPS) is 22.5. The van der Waals surface area contributed by atoms with Crippen molar-refractivity contribution in [2.24, 2.45) is 5.92 Å². The molecule has 1 atom stereocenters. The van der Waals surface area contributed by atoms with Gasteiger partial charge in [0.25, 0.3) is 0 Å². The van der Waals surface area contributed by atoms with Crippen molar-refractivity contribution in [1.82, 2.24) is 0 Å². The minimum absolute atomic E-state index is 0.697. The van der Waals surface area contributed by atoms with Crippen molar-refractivity contribution in [2.45, 2.75) is 53.4 Å². The molecule has 1 aliphatic rings. The molecule has 0 N–H and O–H groups in total. The molecule has 1 unspecified atom stereocenters. The molecular weight excluding hydrogens is 156 g/mol. The molecule has 0 radical (unpaired) electrons. The Morgan fingerprint density at radius 3 is 2.31 bits per heavy atom. The van der Waals surface area contributed by atoms with Crippen LogP contribution in [0.3, 0.4) is 0 Å². The topological polar surface area (TPSA) is 0 Å². The SMILES string of the molecule is CCCC1=CC(C)C(C)=C1CCC. The Kier molecular flexibility index (Phi) is 3.77. The predicted molar refractivity (Wildman–Crippen MR) is 59.8 cm³/mol. The van der Waals surface area contributed by atoms with Crippen molar-refractivity contribution < 1.29 is 0 Å². The third-order valence-corrected chi connectivity index (χ3v) is 3.02. The van der Waals surface area contributed by atoms with Gasteiger partial charge in [0.05, 0.1) is 0 Å². The van der Waals surface area contributed by atoms with Crippen LogP contribution in [0.4, 0.5) is 0 Å². The minimum atomic E-state index is 0.697. The second kappa shape index (κ2) is 4.64. The van der Waals surface area contributed by atoms with Crippen molar-refractivity contribution in [3.63, 3.8) is 0 Å². The summed E-state index contributed by atoms with van der Waals surface area (Å²) in [6.07, 6.45) is 7.57. The van der Waals surface area contributed by atoms with Gasteiger partial charge in [0, 0.05) is 0 Å². The van der Waals surface area contributed by atoms with Gasteiger partial charge < -0.3 is 0 Å². The third kappa shape index (κ3) is 2.24. The highest BCUT2D eigenvalue weighted by Crippen LogP contribution is 2.35. The number of rotatable bonds is 4. The fourth-order valence-corrected chi connectivity index (χ4v) is 2.17. The lowest BCUT2D eigenvalue weighted by molar-refractivity contribution is 0.840. The molecule has 0 saturated heterocycles. The van der Waals surface area contributed by atoms with E-state index in [1.54, 1.807) is 16.7 Å². The van der Waals surface area contributed by atoms with E-state index in [1.165, 1.54) is 25.7 Å². The fourth-order valence-electron chi connectivity index (χ4n) is 2.17. The molecule has 0 saturated carbocycles. The Hall–Kier alpha value is -0.520. The van der Waals surface area contributed by atoms with Gasteiger partial charge in [-0.1, -0.05) is 45.3 Å². The molecule has 1 rings (SSSR count). The van der Waals surface area contributed by atoms with Gasteiger partial charge in [-0.25, -0.2) is 0 Å². The molecule has 0 spiro atoms. The van der Waals surface area contributed by atoms with Crippen LogP contribution in [0.5, 0.6) is 0 Å². The molecule has 0 aromatic rings. The lowest BCUT2D eigenvalue weighted by atomic mass is 9.98. The van der Waals surface area contributed by atoms with Crippen LogP contribution in [-0.4, -0.2) is 0 Å². The number of hydrogen-bond acceptors (Lipinski definition) is 0. The number of allylic oxidation sites excluding steroid dienone is 4. The lowest BCUT2D eigenvalue weighted by Crippen LogP contribution is -1.90. The van der Waals surface area contributed by atoms with E-state index in [0.29, 0.717) is 5.92 Å². The first kappa shape index (κ1) is 10.6. The van der Waals surface area contributed by atoms with Crippen LogP contribution in [-0.2, 0) is 0 Å². The predicted octanol–water partition coefficient (Wildman–Crippen LogP) is 4.48. The van der Waals surface area contributed by atoms with E-state index in [-0.39, 0.29) is 0 Å². The summed E-state index contributed by atoms with van der Waals surface area (Å²) in [5.41, 5.74) is 4.91. The highest BCUT2D eigenvalue weighted by atomic mass is 14.2. The Bertz CT molecular complexity index is 230. The average molecular weight is 178 g/mol. The monoisotopic (exact) mass is 178 g/mol. The second-order valence-electron chi connectivity index (χ2n) is 4.14. The van der Waals surface area contributed by atoms with Gasteiger partial charge in [-0.2, -0.15) is 0 Å². The quantitative estimate of drug-likeness (QED) is 0.595. The fraction of sp³-hybridized carbons (Fsp3) is 0.692. The van der Waals surface area contributed by atoms with Gasteiger partial charge in [-0.3, -0.25) is 0 Å². The zero-order valence-electron chi connectivity index (χ0n) is 9.48. The maximum Gasteiger partial charge on any atom is -0.00426 e. The van der Waals surface area contributed by atoms with Gasteiger partial charge in [0.15, 0.2) is 0 Å². The van der Waals surface area contributed by atoms with Crippen molar-refractivity contribution >= 4 is 0 Å². The molecule has 0 aliphatic heterocycles. The zero-order chi connectivity index (χ0) is 9.84. The first-order valence-electron chi connectivity index (χ1n) is 5.61. The van der Waals surface area contributed by atoms with E-state index in [1.807, 2.05) is 0 Å². The van der Waals surface area contributed by atoms with Crippen LogP contribution in [0, 0.1) is 5.92 Å². The molecule has 0 nitrogen and oxygen atoms in total. The van der Waals surface area contributed by atoms with E-state index in [4.69, 9.17) is 0 Å². The average Bonchev–Trinajstić information content (AvgIpc) is 2.34. The van der Waals surface area contributed by atoms with Crippen LogP contribution in [0.2, 0.25) is 0 Å². The van der Waals surface area contributed by atoms with Gasteiger partial charge in [-0.15, -0.1) is 0 Å². The van der Waals surface area contributed by atoms with Crippen LogP contribution >= 0.6 is 0 Å². The Balaban J connectivity index is 2.78. The van der Waals surface area contributed by atoms with Gasteiger partial charge in [0.2, 0.25) is 0 Å². The first-order valence-corrected chi connectivity index (χ1v) is 5.61. The highest BCUT2D eigenvalue weighted by molar-refractivity contribution is 5.43. The smallest absolute Gasteiger partial charge is 0.00426 e. The van der Waals surface area contributed by atoms with Gasteiger partial charge >= 0.3 is 0 Å². The standard InChI is InChI=1S/C13H22/c1-5-7-12-9-10(3)11(4)13(12)8-6-2/h9-10H,5-8H2,1-4H3. The summed E-state index contributed by atoms with van der Waals surface area (Å²) in [6.45, 7) is 9.15. The van der Waals surface area contributed by atoms with Crippen molar-refractivity contribution in [3.8, 4) is 0 Å². The molecule has 13 heavy (non-hydrogen) atoms. The molecule has 0 amide bonds. The van der Waals surface area contributed by atoms with Gasteiger partial charge in [0.1, 0.15) is 0 Å². The third-order valence-electron chi connectivity index (χ3n) is 3.02. The Morgan fingerprint density at radius 2 is 1.77 bits per heavy atom. The summed E-state index contributed by atoms with van der Waals surface area (Å²) in [4.78, 5) is 0. The molecule has 0 heteroatoms. The van der Waals surface area contributed by atoms with Crippen molar-refractivity contribution in [1.29, 1.82) is 0 Å². The van der Waals surface area contributed by atoms with Crippen LogP contribution in [0.25, 0.3) is 0 Å². The van der Waals surface area contributed by atoms with Crippen LogP contribution in [0.1, 0.15) is 53.4 Å². The second-order valence-corrected chi connectivity index (χ2v) is 4.14. The van der Waals surface area contributed by atoms with E-state index < -0.39 is 0 Å². The van der Waals surface area contributed by atoms with E-state index >= 15 is 0 Å². The maximum atomic E-state index is 2.46. The Labute approximate surface area is 82.7 Å². The number of hydrogen-bond donors (Lipinski definition) is 0. The van der Waals surface area contributed by atoms with Crippen LogP contribution < -0.4 is 0 Å². The maximum absolute atomic E-state index is 2.46. The summed E-state index contributed by atoms with van der Waals surface area (Å²) in [5.74, 6) is 0.697. The minimum Gasteiger partial charge on any atom is -0.0741 e. The molecule has 0 aromatic heterocycles. The molecule has 0 heterocycles. The molecule has 0 fully saturated rings. The van der Waals surface area contributed by atoms with Gasteiger partial charge in [-0.05, 0) is 36.8 Å². The summed E-state index contributed by atoms with van der Waals surface area (Å²) >= 11 is 0. The summed E-state index contributed by atoms with van der Waals surface area (Å²) in [5, 5.41) is 0. The Morgan fingerprint density at radius 1 is 1.15 bits per heavy atom. The van der Waals surface area contributed by atoms with E-state index in [2.05, 4.69) is 33.8 Å². The van der Waals surface area contributed by atoms with Crippen molar-refractivity contribution in [3.05, 3.63) is 22.8 Å². The molecular formula is C13H22. The van der Waals surface area contributed by atoms with Crippen LogP contribution in [0.15, 0.2) is 22.8 Å². The van der Waals surface area contributed by atoms with E-state index in [9.17, 15) is 0 Å². The lowest BCUT2D eigenvalue weighted by Gasteiger charge is -2.08. The zero-order valence-corrected chi connectivity index (χ0v) is 9.48. The summed E-state index contributed by atoms with van der Waals surface area (Å²) in [6, 6.07) is 0. The molecule has 1 aliphatic carbocycles. The summed E-state index contributed by atoms with van der Waals surface area (Å²) < 4.78 is 0. The van der Waals surface area contributed by atoms with E-state index in [0.717, 1.165) is 0 Å². The molecule has 0 bridgehead atoms. The highest BCUT2D eigenvalue weighted by Gasteiger charge is 2.18. The summed E-state index contributed by atoms with van der Waals surface area (Å²) in [7, 11) is 0. The van der Waals surface area contributed by atoms with Crippen molar-refractivity contribution in [2.75, 3.05) is 0 Å². The largest absolute Gasteiger partial charge is 0.0741 e. The molecule has 74 valence electrons.